The second-order valence-corrected chi connectivity index (χ2v) is 9.33. The zero-order valence-electron chi connectivity index (χ0n) is 17.7. The van der Waals surface area contributed by atoms with Crippen LogP contribution in [0.25, 0.3) is 16.5 Å². The van der Waals surface area contributed by atoms with Gasteiger partial charge in [0.25, 0.3) is 0 Å². The number of fused-ring (bicyclic) bond motifs is 1. The van der Waals surface area contributed by atoms with Crippen molar-refractivity contribution in [1.82, 2.24) is 14.8 Å². The first-order valence-corrected chi connectivity index (χ1v) is 11.9. The molecule has 1 aliphatic rings. The highest BCUT2D eigenvalue weighted by Crippen LogP contribution is 2.44. The van der Waals surface area contributed by atoms with E-state index in [1.54, 1.807) is 0 Å². The summed E-state index contributed by atoms with van der Waals surface area (Å²) in [5.74, 6) is -0.941. The molecule has 1 heterocycles. The van der Waals surface area contributed by atoms with Gasteiger partial charge in [0.15, 0.2) is 5.16 Å². The Labute approximate surface area is 202 Å². The smallest absolute Gasteiger partial charge is 0.348 e. The molecule has 1 aromatic heterocycles. The monoisotopic (exact) mass is 494 g/mol. The Kier molecular flexibility index (Phi) is 5.89. The molecule has 3 N–H and O–H groups in total. The number of halogens is 1. The van der Waals surface area contributed by atoms with Crippen LogP contribution in [0.15, 0.2) is 64.5 Å². The number of aromatic nitrogens is 3. The number of thioether (sulfide) groups is 1. The summed E-state index contributed by atoms with van der Waals surface area (Å²) in [5.41, 5.74) is 1.93. The van der Waals surface area contributed by atoms with Crippen LogP contribution in [0.4, 0.5) is 5.69 Å². The fourth-order valence-corrected chi connectivity index (χ4v) is 4.89. The van der Waals surface area contributed by atoms with Gasteiger partial charge in [0.05, 0.1) is 27.7 Å². The highest BCUT2D eigenvalue weighted by Gasteiger charge is 2.26. The topological polar surface area (TPSA) is 117 Å². The number of hydrogen-bond acceptors (Lipinski definition) is 5. The number of anilines is 1. The summed E-state index contributed by atoms with van der Waals surface area (Å²) >= 11 is 7.20. The molecule has 34 heavy (non-hydrogen) atoms. The first-order chi connectivity index (χ1) is 16.4. The van der Waals surface area contributed by atoms with E-state index in [-0.39, 0.29) is 27.9 Å². The van der Waals surface area contributed by atoms with Gasteiger partial charge in [-0.05, 0) is 54.0 Å². The van der Waals surface area contributed by atoms with Crippen LogP contribution in [0.2, 0.25) is 5.02 Å². The van der Waals surface area contributed by atoms with Crippen molar-refractivity contribution in [2.45, 2.75) is 23.9 Å². The van der Waals surface area contributed by atoms with E-state index in [1.165, 1.54) is 41.2 Å². The highest BCUT2D eigenvalue weighted by atomic mass is 35.5. The largest absolute Gasteiger partial charge is 0.478 e. The van der Waals surface area contributed by atoms with E-state index < -0.39 is 5.97 Å². The van der Waals surface area contributed by atoms with E-state index in [4.69, 9.17) is 16.7 Å². The van der Waals surface area contributed by atoms with E-state index in [2.05, 4.69) is 27.6 Å². The highest BCUT2D eigenvalue weighted by molar-refractivity contribution is 7.99. The zero-order valence-corrected chi connectivity index (χ0v) is 19.3. The third kappa shape index (κ3) is 4.32. The van der Waals surface area contributed by atoms with Crippen LogP contribution in [0.5, 0.6) is 0 Å². The average Bonchev–Trinajstić information content (AvgIpc) is 3.61. The third-order valence-electron chi connectivity index (χ3n) is 5.66. The van der Waals surface area contributed by atoms with Crippen molar-refractivity contribution in [3.05, 3.63) is 81.2 Å². The van der Waals surface area contributed by atoms with Gasteiger partial charge >= 0.3 is 11.7 Å². The molecule has 1 saturated carbocycles. The van der Waals surface area contributed by atoms with E-state index in [1.807, 2.05) is 24.3 Å². The fourth-order valence-electron chi connectivity index (χ4n) is 3.91. The Morgan fingerprint density at radius 1 is 1.15 bits per heavy atom. The van der Waals surface area contributed by atoms with E-state index in [9.17, 15) is 14.4 Å². The van der Waals surface area contributed by atoms with Crippen molar-refractivity contribution in [3.8, 4) is 5.69 Å². The predicted molar refractivity (Wildman–Crippen MR) is 131 cm³/mol. The molecular weight excluding hydrogens is 476 g/mol. The summed E-state index contributed by atoms with van der Waals surface area (Å²) in [7, 11) is 0. The summed E-state index contributed by atoms with van der Waals surface area (Å²) in [5, 5.41) is 20.8. The Morgan fingerprint density at radius 2 is 1.91 bits per heavy atom. The summed E-state index contributed by atoms with van der Waals surface area (Å²) in [6, 6.07) is 16.0. The van der Waals surface area contributed by atoms with Gasteiger partial charge in [-0.3, -0.25) is 4.79 Å². The average molecular weight is 495 g/mol. The van der Waals surface area contributed by atoms with Crippen molar-refractivity contribution in [2.24, 2.45) is 0 Å². The normalized spacial score (nSPS) is 13.2. The predicted octanol–water partition coefficient (Wildman–Crippen LogP) is 4.67. The van der Waals surface area contributed by atoms with Crippen LogP contribution >= 0.6 is 23.4 Å². The molecule has 0 radical (unpaired) electrons. The Balaban J connectivity index is 1.38. The fraction of sp³-hybridized carbons (Fsp3) is 0.167. The Morgan fingerprint density at radius 3 is 2.62 bits per heavy atom. The molecule has 0 unspecified atom stereocenters. The molecule has 0 bridgehead atoms. The molecule has 10 heteroatoms. The van der Waals surface area contributed by atoms with Crippen LogP contribution in [0.3, 0.4) is 0 Å². The number of H-pyrrole nitrogens is 1. The number of carbonyl (C=O) groups excluding carboxylic acids is 1. The number of benzene rings is 3. The van der Waals surface area contributed by atoms with Crippen LogP contribution in [-0.2, 0) is 4.79 Å². The number of carbonyl (C=O) groups is 2. The van der Waals surface area contributed by atoms with Crippen LogP contribution < -0.4 is 11.0 Å². The molecule has 8 nitrogen and oxygen atoms in total. The maximum absolute atomic E-state index is 12.6. The standard InChI is InChI=1S/C24H19ClN4O4S/c25-18-11-14(22(31)32)7-9-19(18)26-21(30)12-34-24-28-27-23(33)29(24)20-10-8-15(13-5-6-13)16-3-1-2-4-17(16)20/h1-4,7-11,13H,5-6,12H2,(H,26,30)(H,27,33)(H,31,32). The number of amides is 1. The van der Waals surface area contributed by atoms with Crippen molar-refractivity contribution in [1.29, 1.82) is 0 Å². The zero-order chi connectivity index (χ0) is 23.8. The molecule has 0 atom stereocenters. The molecule has 3 aromatic carbocycles. The third-order valence-corrected chi connectivity index (χ3v) is 6.91. The summed E-state index contributed by atoms with van der Waals surface area (Å²) in [6.07, 6.45) is 2.35. The van der Waals surface area contributed by atoms with Gasteiger partial charge in [-0.25, -0.2) is 19.3 Å². The Hall–Kier alpha value is -3.56. The second-order valence-electron chi connectivity index (χ2n) is 7.98. The SMILES string of the molecule is O=C(CSc1n[nH]c(=O)n1-c1ccc(C2CC2)c2ccccc12)Nc1ccc(C(=O)O)cc1Cl. The number of hydrogen-bond donors (Lipinski definition) is 3. The van der Waals surface area contributed by atoms with Gasteiger partial charge in [0.2, 0.25) is 5.91 Å². The molecular formula is C24H19ClN4O4S. The van der Waals surface area contributed by atoms with E-state index >= 15 is 0 Å². The molecule has 4 aromatic rings. The Bertz CT molecular complexity index is 1490. The molecule has 1 amide bonds. The maximum Gasteiger partial charge on any atom is 0.348 e. The first-order valence-electron chi connectivity index (χ1n) is 10.6. The molecule has 0 saturated heterocycles. The van der Waals surface area contributed by atoms with Gasteiger partial charge in [-0.1, -0.05) is 53.7 Å². The summed E-state index contributed by atoms with van der Waals surface area (Å²) < 4.78 is 1.48. The molecule has 0 aliphatic heterocycles. The van der Waals surface area contributed by atoms with E-state index in [0.29, 0.717) is 22.4 Å². The number of nitrogens with zero attached hydrogens (tertiary/aromatic N) is 2. The van der Waals surface area contributed by atoms with Crippen LogP contribution in [0.1, 0.15) is 34.7 Å². The van der Waals surface area contributed by atoms with Crippen LogP contribution in [0, 0.1) is 0 Å². The first kappa shape index (κ1) is 22.2. The molecule has 1 aliphatic carbocycles. The van der Waals surface area contributed by atoms with Gasteiger partial charge in [0.1, 0.15) is 0 Å². The van der Waals surface area contributed by atoms with Crippen LogP contribution in [-0.4, -0.2) is 37.5 Å². The van der Waals surface area contributed by atoms with Crippen molar-refractivity contribution in [3.63, 3.8) is 0 Å². The molecule has 172 valence electrons. The minimum Gasteiger partial charge on any atom is -0.478 e. The van der Waals surface area contributed by atoms with Gasteiger partial charge in [-0.15, -0.1) is 5.10 Å². The summed E-state index contributed by atoms with van der Waals surface area (Å²) in [4.78, 5) is 36.2. The van der Waals surface area contributed by atoms with Crippen molar-refractivity contribution < 1.29 is 14.7 Å². The number of aromatic amines is 1. The lowest BCUT2D eigenvalue weighted by molar-refractivity contribution is -0.113. The van der Waals surface area contributed by atoms with Gasteiger partial charge < -0.3 is 10.4 Å². The molecule has 0 spiro atoms. The summed E-state index contributed by atoms with van der Waals surface area (Å²) in [6.45, 7) is 0. The lowest BCUT2D eigenvalue weighted by Gasteiger charge is -2.12. The molecule has 1 fully saturated rings. The number of carboxylic acid groups (broad SMARTS) is 1. The minimum atomic E-state index is -1.11. The number of nitrogens with one attached hydrogen (secondary N) is 2. The molecule has 5 rings (SSSR count). The van der Waals surface area contributed by atoms with Gasteiger partial charge in [0, 0.05) is 5.39 Å². The lowest BCUT2D eigenvalue weighted by atomic mass is 9.99. The van der Waals surface area contributed by atoms with E-state index in [0.717, 1.165) is 22.5 Å². The lowest BCUT2D eigenvalue weighted by Crippen LogP contribution is -2.18. The number of aromatic carboxylic acids is 1. The number of rotatable bonds is 7. The maximum atomic E-state index is 12.6. The minimum absolute atomic E-state index is 0.0258. The van der Waals surface area contributed by atoms with Gasteiger partial charge in [-0.2, -0.15) is 0 Å². The second kappa shape index (κ2) is 9.00. The van der Waals surface area contributed by atoms with Crippen molar-refractivity contribution in [2.75, 3.05) is 11.1 Å². The van der Waals surface area contributed by atoms with Crippen molar-refractivity contribution >= 4 is 51.7 Å². The quantitative estimate of drug-likeness (QED) is 0.321. The number of carboxylic acids is 1.